The first-order valence-corrected chi connectivity index (χ1v) is 24.8. The Labute approximate surface area is 404 Å². The SMILES string of the molecule is CC(C)c1cnn2c(NCc3ccccc3-n3cccn3)nc(N(C)CCCN3CCCCC3)nc12.CC(C)c1cnn2c(NCc3ccccc3-n3cccn3)nc(N3CC4CCNC4C3)nc12. The van der Waals surface area contributed by atoms with Crippen LogP contribution in [0.15, 0.2) is 97.8 Å². The van der Waals surface area contributed by atoms with E-state index < -0.39 is 0 Å². The van der Waals surface area contributed by atoms with Gasteiger partial charge >= 0.3 is 0 Å². The molecule has 3 fully saturated rings. The number of hydrogen-bond acceptors (Lipinski definition) is 14. The molecule has 0 bridgehead atoms. The van der Waals surface area contributed by atoms with Gasteiger partial charge in [-0.25, -0.2) is 9.36 Å². The highest BCUT2D eigenvalue weighted by Crippen LogP contribution is 2.30. The molecule has 69 heavy (non-hydrogen) atoms. The lowest BCUT2D eigenvalue weighted by molar-refractivity contribution is 0.227. The van der Waals surface area contributed by atoms with E-state index in [4.69, 9.17) is 19.9 Å². The fourth-order valence-corrected chi connectivity index (χ4v) is 9.89. The van der Waals surface area contributed by atoms with E-state index in [1.807, 2.05) is 79.6 Å². The smallest absolute Gasteiger partial charge is 0.230 e. The van der Waals surface area contributed by atoms with Gasteiger partial charge in [-0.1, -0.05) is 70.5 Å². The van der Waals surface area contributed by atoms with Crippen LogP contribution in [0.2, 0.25) is 0 Å². The molecule has 3 aliphatic heterocycles. The van der Waals surface area contributed by atoms with Crippen molar-refractivity contribution in [2.75, 3.05) is 73.3 Å². The summed E-state index contributed by atoms with van der Waals surface area (Å²) in [5, 5.41) is 28.8. The Morgan fingerprint density at radius 2 is 1.28 bits per heavy atom. The number of fused-ring (bicyclic) bond motifs is 3. The molecule has 8 aromatic rings. The van der Waals surface area contributed by atoms with Crippen molar-refractivity contribution in [2.24, 2.45) is 5.92 Å². The number of piperidine rings is 1. The van der Waals surface area contributed by atoms with E-state index in [0.29, 0.717) is 48.8 Å². The number of aromatic nitrogens is 12. The molecule has 11 rings (SSSR count). The van der Waals surface area contributed by atoms with Gasteiger partial charge in [-0.3, -0.25) is 0 Å². The fraction of sp³-hybridized carbons (Fsp3) is 0.451. The molecular formula is C51H66N18. The van der Waals surface area contributed by atoms with Gasteiger partial charge in [0.2, 0.25) is 23.8 Å². The van der Waals surface area contributed by atoms with Crippen molar-refractivity contribution in [1.29, 1.82) is 0 Å². The minimum atomic E-state index is 0.322. The van der Waals surface area contributed by atoms with E-state index >= 15 is 0 Å². The maximum Gasteiger partial charge on any atom is 0.230 e. The van der Waals surface area contributed by atoms with Crippen LogP contribution in [0, 0.1) is 5.92 Å². The van der Waals surface area contributed by atoms with Crippen LogP contribution in [0.25, 0.3) is 22.7 Å². The van der Waals surface area contributed by atoms with Crippen molar-refractivity contribution >= 4 is 35.1 Å². The molecule has 2 atom stereocenters. The molecule has 0 aliphatic carbocycles. The van der Waals surface area contributed by atoms with Gasteiger partial charge in [-0.05, 0) is 105 Å². The number of nitrogens with zero attached hydrogens (tertiary/aromatic N) is 15. The summed E-state index contributed by atoms with van der Waals surface area (Å²) in [7, 11) is 2.09. The van der Waals surface area contributed by atoms with E-state index in [-0.39, 0.29) is 0 Å². The highest BCUT2D eigenvalue weighted by molar-refractivity contribution is 5.58. The summed E-state index contributed by atoms with van der Waals surface area (Å²) in [6.07, 6.45) is 17.7. The first kappa shape index (κ1) is 45.8. The van der Waals surface area contributed by atoms with Crippen LogP contribution in [-0.2, 0) is 13.1 Å². The molecule has 0 saturated carbocycles. The predicted molar refractivity (Wildman–Crippen MR) is 272 cm³/mol. The maximum atomic E-state index is 4.97. The molecule has 2 aromatic carbocycles. The van der Waals surface area contributed by atoms with Gasteiger partial charge in [-0.15, -0.1) is 0 Å². The lowest BCUT2D eigenvalue weighted by atomic mass is 10.1. The Morgan fingerprint density at radius 3 is 1.86 bits per heavy atom. The van der Waals surface area contributed by atoms with E-state index in [1.54, 1.807) is 12.4 Å². The van der Waals surface area contributed by atoms with Gasteiger partial charge in [0.15, 0.2) is 11.3 Å². The van der Waals surface area contributed by atoms with Crippen molar-refractivity contribution in [3.8, 4) is 11.4 Å². The number of nitrogens with one attached hydrogen (secondary N) is 3. The Balaban J connectivity index is 0.000000161. The lowest BCUT2D eigenvalue weighted by Gasteiger charge is -2.27. The summed E-state index contributed by atoms with van der Waals surface area (Å²) in [6.45, 7) is 17.5. The number of likely N-dealkylation sites (tertiary alicyclic amines) is 1. The summed E-state index contributed by atoms with van der Waals surface area (Å²) >= 11 is 0. The molecule has 2 unspecified atom stereocenters. The zero-order valence-corrected chi connectivity index (χ0v) is 40.7. The fourth-order valence-electron chi connectivity index (χ4n) is 9.89. The second-order valence-corrected chi connectivity index (χ2v) is 19.2. The molecule has 9 heterocycles. The van der Waals surface area contributed by atoms with Crippen molar-refractivity contribution in [3.63, 3.8) is 0 Å². The minimum absolute atomic E-state index is 0.322. The van der Waals surface area contributed by atoms with Gasteiger partial charge in [0, 0.05) is 81.7 Å². The molecule has 18 heteroatoms. The molecule has 18 nitrogen and oxygen atoms in total. The van der Waals surface area contributed by atoms with Crippen LogP contribution in [0.3, 0.4) is 0 Å². The summed E-state index contributed by atoms with van der Waals surface area (Å²) in [6, 6.07) is 20.9. The summed E-state index contributed by atoms with van der Waals surface area (Å²) < 4.78 is 7.44. The third-order valence-electron chi connectivity index (χ3n) is 13.8. The van der Waals surface area contributed by atoms with Crippen LogP contribution in [0.4, 0.5) is 23.8 Å². The Hall–Kier alpha value is -6.92. The monoisotopic (exact) mass is 931 g/mol. The largest absolute Gasteiger partial charge is 0.350 e. The molecule has 0 radical (unpaired) electrons. The first-order valence-electron chi connectivity index (χ1n) is 24.8. The van der Waals surface area contributed by atoms with Gasteiger partial charge < -0.3 is 30.7 Å². The highest BCUT2D eigenvalue weighted by atomic mass is 15.4. The van der Waals surface area contributed by atoms with Crippen LogP contribution < -0.4 is 25.8 Å². The Morgan fingerprint density at radius 1 is 0.681 bits per heavy atom. The van der Waals surface area contributed by atoms with Crippen LogP contribution >= 0.6 is 0 Å². The second-order valence-electron chi connectivity index (χ2n) is 19.2. The van der Waals surface area contributed by atoms with Crippen LogP contribution in [0.1, 0.15) is 93.9 Å². The molecule has 3 N–H and O–H groups in total. The predicted octanol–water partition coefficient (Wildman–Crippen LogP) is 7.20. The summed E-state index contributed by atoms with van der Waals surface area (Å²) in [4.78, 5) is 26.8. The average molecular weight is 931 g/mol. The Bertz CT molecular complexity index is 2900. The average Bonchev–Trinajstić information content (AvgIpc) is 4.23. The van der Waals surface area contributed by atoms with Gasteiger partial charge in [-0.2, -0.15) is 49.4 Å². The topological polar surface area (TPSA) is 168 Å². The first-order chi connectivity index (χ1) is 33.8. The maximum absolute atomic E-state index is 4.97. The lowest BCUT2D eigenvalue weighted by Crippen LogP contribution is -2.33. The van der Waals surface area contributed by atoms with E-state index in [2.05, 4.69) is 110 Å². The number of rotatable bonds is 16. The zero-order chi connectivity index (χ0) is 47.3. The number of anilines is 4. The minimum Gasteiger partial charge on any atom is -0.350 e. The summed E-state index contributed by atoms with van der Waals surface area (Å²) in [5.74, 6) is 4.25. The van der Waals surface area contributed by atoms with Crippen LogP contribution in [0.5, 0.6) is 0 Å². The standard InChI is InChI=1S/C27H37N9.C24H29N9/c1-21(2)23-20-30-36-25(23)31-27(33(3)14-10-17-34-15-7-4-8-16-34)32-26(36)28-19-22-11-5-6-12-24(22)35-18-9-13-29-35;1-16(2)19-13-28-33-22(19)29-24(31-14-18-8-10-25-20(18)15-31)30-23(33)26-12-17-6-3-4-7-21(17)32-11-5-9-27-32/h5-6,9,11-13,18,20-21H,4,7-8,10,14-17,19H2,1-3H3,(H,28,31,32);3-7,9,11,13,16,18,20,25H,8,10,12,14-15H2,1-2H3,(H,26,29,30). The molecule has 0 spiro atoms. The van der Waals surface area contributed by atoms with Gasteiger partial charge in [0.1, 0.15) is 0 Å². The Kier molecular flexibility index (Phi) is 13.8. The van der Waals surface area contributed by atoms with Crippen molar-refractivity contribution in [3.05, 3.63) is 120 Å². The number of para-hydroxylation sites is 2. The normalized spacial score (nSPS) is 17.2. The van der Waals surface area contributed by atoms with Crippen molar-refractivity contribution in [2.45, 2.75) is 90.8 Å². The molecular weight excluding hydrogens is 865 g/mol. The highest BCUT2D eigenvalue weighted by Gasteiger charge is 2.37. The van der Waals surface area contributed by atoms with Crippen molar-refractivity contribution in [1.82, 2.24) is 68.9 Å². The third-order valence-corrected chi connectivity index (χ3v) is 13.8. The molecule has 360 valence electrons. The summed E-state index contributed by atoms with van der Waals surface area (Å²) in [5.41, 5.74) is 8.34. The van der Waals surface area contributed by atoms with Gasteiger partial charge in [0.05, 0.1) is 23.8 Å². The zero-order valence-electron chi connectivity index (χ0n) is 40.7. The number of hydrogen-bond donors (Lipinski definition) is 3. The van der Waals surface area contributed by atoms with E-state index in [9.17, 15) is 0 Å². The van der Waals surface area contributed by atoms with Crippen LogP contribution in [-0.4, -0.2) is 123 Å². The second kappa shape index (κ2) is 20.7. The van der Waals surface area contributed by atoms with E-state index in [1.165, 1.54) is 38.8 Å². The molecule has 3 aliphatic rings. The molecule has 0 amide bonds. The molecule has 6 aromatic heterocycles. The quantitative estimate of drug-likeness (QED) is 0.0890. The number of benzene rings is 2. The van der Waals surface area contributed by atoms with Gasteiger partial charge in [0.25, 0.3) is 0 Å². The molecule has 3 saturated heterocycles. The van der Waals surface area contributed by atoms with Crippen molar-refractivity contribution < 1.29 is 0 Å². The van der Waals surface area contributed by atoms with E-state index in [0.717, 1.165) is 96.0 Å². The third kappa shape index (κ3) is 10.1.